The molecule has 0 radical (unpaired) electrons. The van der Waals surface area contributed by atoms with E-state index >= 15 is 0 Å². The minimum absolute atomic E-state index is 0.0105. The smallest absolute Gasteiger partial charge is 0.265 e. The molecule has 0 bridgehead atoms. The molecule has 0 spiro atoms. The van der Waals surface area contributed by atoms with Crippen molar-refractivity contribution in [3.63, 3.8) is 0 Å². The number of nitrogens with zero attached hydrogens (tertiary/aromatic N) is 2. The Labute approximate surface area is 154 Å². The van der Waals surface area contributed by atoms with E-state index in [0.717, 1.165) is 17.7 Å². The molecule has 5 nitrogen and oxygen atoms in total. The highest BCUT2D eigenvalue weighted by Gasteiger charge is 2.29. The third kappa shape index (κ3) is 4.33. The minimum Gasteiger partial charge on any atom is -0.493 e. The summed E-state index contributed by atoms with van der Waals surface area (Å²) in [7, 11) is -2.42. The van der Waals surface area contributed by atoms with Crippen LogP contribution in [0.15, 0.2) is 41.4 Å². The predicted molar refractivity (Wildman–Crippen MR) is 101 cm³/mol. The Bertz CT molecular complexity index is 850. The van der Waals surface area contributed by atoms with Gasteiger partial charge in [-0.15, -0.1) is 0 Å². The summed E-state index contributed by atoms with van der Waals surface area (Å²) in [6.45, 7) is 8.11. The second-order valence-electron chi connectivity index (χ2n) is 6.83. The third-order valence-electron chi connectivity index (χ3n) is 3.91. The molecular formula is C19H25FN2O3S. The zero-order valence-electron chi connectivity index (χ0n) is 15.7. The molecule has 0 saturated carbocycles. The van der Waals surface area contributed by atoms with E-state index in [0.29, 0.717) is 5.75 Å². The van der Waals surface area contributed by atoms with Gasteiger partial charge in [0, 0.05) is 12.7 Å². The van der Waals surface area contributed by atoms with Crippen LogP contribution < -0.4 is 9.04 Å². The van der Waals surface area contributed by atoms with Gasteiger partial charge in [0.05, 0.1) is 12.0 Å². The average molecular weight is 380 g/mol. The lowest BCUT2D eigenvalue weighted by atomic mass is 10.1. The van der Waals surface area contributed by atoms with Gasteiger partial charge in [-0.2, -0.15) is 0 Å². The fraction of sp³-hybridized carbons (Fsp3) is 0.421. The Balaban J connectivity index is 2.59. The molecule has 7 heteroatoms. The maximum Gasteiger partial charge on any atom is 0.265 e. The number of halogens is 1. The molecule has 0 amide bonds. The molecule has 0 atom stereocenters. The van der Waals surface area contributed by atoms with Crippen molar-refractivity contribution in [2.75, 3.05) is 18.0 Å². The van der Waals surface area contributed by atoms with Crippen LogP contribution in [0.25, 0.3) is 0 Å². The molecule has 1 heterocycles. The van der Waals surface area contributed by atoms with E-state index in [1.165, 1.54) is 23.5 Å². The van der Waals surface area contributed by atoms with Crippen LogP contribution in [0.5, 0.6) is 5.75 Å². The standard InChI is InChI=1S/C19H25FN2O3S/c1-13(2)12-22(26(23,24)17-8-6-16(20)7-9-17)19-18(25-5)10-15(11-21-19)14(3)4/h6-11,13-14H,12H2,1-5H3. The summed E-state index contributed by atoms with van der Waals surface area (Å²) in [5.41, 5.74) is 0.953. The van der Waals surface area contributed by atoms with Crippen molar-refractivity contribution in [2.24, 2.45) is 5.92 Å². The molecule has 0 saturated heterocycles. The number of methoxy groups -OCH3 is 1. The number of aromatic nitrogens is 1. The lowest BCUT2D eigenvalue weighted by Crippen LogP contribution is -2.35. The summed E-state index contributed by atoms with van der Waals surface area (Å²) in [5, 5.41) is 0. The first-order valence-electron chi connectivity index (χ1n) is 8.49. The van der Waals surface area contributed by atoms with Gasteiger partial charge in [-0.25, -0.2) is 22.1 Å². The number of pyridine rings is 1. The molecule has 0 N–H and O–H groups in total. The van der Waals surface area contributed by atoms with Crippen molar-refractivity contribution >= 4 is 15.8 Å². The van der Waals surface area contributed by atoms with Gasteiger partial charge in [-0.1, -0.05) is 27.7 Å². The van der Waals surface area contributed by atoms with Gasteiger partial charge in [0.1, 0.15) is 5.82 Å². The van der Waals surface area contributed by atoms with E-state index in [1.807, 2.05) is 27.7 Å². The van der Waals surface area contributed by atoms with Crippen molar-refractivity contribution in [3.05, 3.63) is 47.9 Å². The number of rotatable bonds is 7. The lowest BCUT2D eigenvalue weighted by Gasteiger charge is -2.27. The summed E-state index contributed by atoms with van der Waals surface area (Å²) >= 11 is 0. The van der Waals surface area contributed by atoms with Crippen LogP contribution in [-0.2, 0) is 10.0 Å². The highest BCUT2D eigenvalue weighted by atomic mass is 32.2. The van der Waals surface area contributed by atoms with Gasteiger partial charge in [-0.3, -0.25) is 0 Å². The van der Waals surface area contributed by atoms with Crippen molar-refractivity contribution in [1.29, 1.82) is 0 Å². The van der Waals surface area contributed by atoms with Crippen molar-refractivity contribution in [2.45, 2.75) is 38.5 Å². The number of hydrogen-bond donors (Lipinski definition) is 0. The maximum absolute atomic E-state index is 13.2. The Hall–Kier alpha value is -2.15. The zero-order valence-corrected chi connectivity index (χ0v) is 16.5. The zero-order chi connectivity index (χ0) is 19.5. The van der Waals surface area contributed by atoms with Crippen LogP contribution in [0.1, 0.15) is 39.2 Å². The topological polar surface area (TPSA) is 59.5 Å². The van der Waals surface area contributed by atoms with Gasteiger partial charge < -0.3 is 4.74 Å². The first-order chi connectivity index (χ1) is 12.2. The van der Waals surface area contributed by atoms with Crippen LogP contribution in [0.4, 0.5) is 10.2 Å². The Morgan fingerprint density at radius 2 is 1.77 bits per heavy atom. The highest BCUT2D eigenvalue weighted by Crippen LogP contribution is 2.33. The van der Waals surface area contributed by atoms with Gasteiger partial charge in [-0.05, 0) is 47.7 Å². The van der Waals surface area contributed by atoms with Crippen LogP contribution in [0.3, 0.4) is 0 Å². The normalized spacial score (nSPS) is 11.8. The number of sulfonamides is 1. The summed E-state index contributed by atoms with van der Waals surface area (Å²) < 4.78 is 46.2. The Morgan fingerprint density at radius 3 is 2.27 bits per heavy atom. The monoisotopic (exact) mass is 380 g/mol. The van der Waals surface area contributed by atoms with Crippen LogP contribution in [0, 0.1) is 11.7 Å². The first kappa shape index (κ1) is 20.2. The molecule has 2 aromatic rings. The molecule has 1 aromatic carbocycles. The van der Waals surface area contributed by atoms with Gasteiger partial charge >= 0.3 is 0 Å². The SMILES string of the molecule is COc1cc(C(C)C)cnc1N(CC(C)C)S(=O)(=O)c1ccc(F)cc1. The largest absolute Gasteiger partial charge is 0.493 e. The molecule has 26 heavy (non-hydrogen) atoms. The van der Waals surface area contributed by atoms with E-state index < -0.39 is 15.8 Å². The molecule has 0 aliphatic heterocycles. The van der Waals surface area contributed by atoms with Gasteiger partial charge in [0.25, 0.3) is 10.0 Å². The fourth-order valence-electron chi connectivity index (χ4n) is 2.47. The van der Waals surface area contributed by atoms with Crippen molar-refractivity contribution < 1.29 is 17.5 Å². The van der Waals surface area contributed by atoms with Gasteiger partial charge in [0.15, 0.2) is 11.6 Å². The average Bonchev–Trinajstić information content (AvgIpc) is 2.59. The van der Waals surface area contributed by atoms with Crippen LogP contribution >= 0.6 is 0 Å². The Morgan fingerprint density at radius 1 is 1.15 bits per heavy atom. The van der Waals surface area contributed by atoms with E-state index in [1.54, 1.807) is 12.3 Å². The van der Waals surface area contributed by atoms with Crippen LogP contribution in [0.2, 0.25) is 0 Å². The van der Waals surface area contributed by atoms with Crippen molar-refractivity contribution in [1.82, 2.24) is 4.98 Å². The maximum atomic E-state index is 13.2. The van der Waals surface area contributed by atoms with E-state index in [9.17, 15) is 12.8 Å². The van der Waals surface area contributed by atoms with E-state index in [4.69, 9.17) is 4.74 Å². The summed E-state index contributed by atoms with van der Waals surface area (Å²) in [5.74, 6) is 0.424. The highest BCUT2D eigenvalue weighted by molar-refractivity contribution is 7.92. The van der Waals surface area contributed by atoms with E-state index in [2.05, 4.69) is 4.98 Å². The molecular weight excluding hydrogens is 355 g/mol. The fourth-order valence-corrected chi connectivity index (χ4v) is 4.06. The lowest BCUT2D eigenvalue weighted by molar-refractivity contribution is 0.412. The third-order valence-corrected chi connectivity index (χ3v) is 5.68. The molecule has 0 fully saturated rings. The molecule has 1 aromatic heterocycles. The number of benzene rings is 1. The minimum atomic E-state index is -3.91. The van der Waals surface area contributed by atoms with E-state index in [-0.39, 0.29) is 29.1 Å². The summed E-state index contributed by atoms with van der Waals surface area (Å²) in [6.07, 6.45) is 1.66. The number of anilines is 1. The molecule has 0 aliphatic carbocycles. The Kier molecular flexibility index (Phi) is 6.23. The van der Waals surface area contributed by atoms with Crippen LogP contribution in [-0.4, -0.2) is 27.1 Å². The second kappa shape index (κ2) is 8.03. The summed E-state index contributed by atoms with van der Waals surface area (Å²) in [4.78, 5) is 4.39. The predicted octanol–water partition coefficient (Wildman–Crippen LogP) is 4.20. The summed E-state index contributed by atoms with van der Waals surface area (Å²) in [6, 6.07) is 6.58. The second-order valence-corrected chi connectivity index (χ2v) is 8.70. The number of ether oxygens (including phenoxy) is 1. The van der Waals surface area contributed by atoms with Crippen molar-refractivity contribution in [3.8, 4) is 5.75 Å². The first-order valence-corrected chi connectivity index (χ1v) is 9.93. The van der Waals surface area contributed by atoms with Gasteiger partial charge in [0.2, 0.25) is 0 Å². The molecule has 0 unspecified atom stereocenters. The molecule has 2 rings (SSSR count). The molecule has 142 valence electrons. The molecule has 0 aliphatic rings. The quantitative estimate of drug-likeness (QED) is 0.722. The number of hydrogen-bond acceptors (Lipinski definition) is 4.